The second-order valence-electron chi connectivity index (χ2n) is 5.97. The van der Waals surface area contributed by atoms with E-state index in [1.54, 1.807) is 16.3 Å². The Morgan fingerprint density at radius 2 is 2.07 bits per heavy atom. The van der Waals surface area contributed by atoms with Gasteiger partial charge in [0.1, 0.15) is 10.7 Å². The van der Waals surface area contributed by atoms with Gasteiger partial charge in [-0.15, -0.1) is 11.3 Å². The Labute approximate surface area is 158 Å². The molecule has 0 unspecified atom stereocenters. The number of benzene rings is 1. The van der Waals surface area contributed by atoms with Gasteiger partial charge in [-0.25, -0.2) is 14.5 Å². The number of amides is 1. The van der Waals surface area contributed by atoms with E-state index in [2.05, 4.69) is 10.1 Å². The third kappa shape index (κ3) is 3.46. The first-order valence-electron chi connectivity index (χ1n) is 8.31. The number of hydrogen-bond donors (Lipinski definition) is 1. The van der Waals surface area contributed by atoms with E-state index in [-0.39, 0.29) is 18.8 Å². The van der Waals surface area contributed by atoms with Crippen LogP contribution >= 0.6 is 11.3 Å². The molecule has 9 heteroatoms. The number of carbonyl (C=O) groups excluding carboxylic acids is 1. The molecule has 0 spiro atoms. The Kier molecular flexibility index (Phi) is 4.69. The molecule has 3 heterocycles. The lowest BCUT2D eigenvalue weighted by atomic mass is 10.2. The highest BCUT2D eigenvalue weighted by molar-refractivity contribution is 7.13. The molecular weight excluding hydrogens is 368 g/mol. The number of thiazole rings is 1. The van der Waals surface area contributed by atoms with Gasteiger partial charge in [0.05, 0.1) is 25.1 Å². The predicted octanol–water partition coefficient (Wildman–Crippen LogP) is 1.92. The maximum Gasteiger partial charge on any atom is 0.328 e. The largest absolute Gasteiger partial charge is 0.480 e. The molecule has 4 rings (SSSR count). The number of para-hydroxylation sites is 1. The molecule has 1 amide bonds. The molecule has 8 nitrogen and oxygen atoms in total. The lowest BCUT2D eigenvalue weighted by Crippen LogP contribution is -2.52. The predicted molar refractivity (Wildman–Crippen MR) is 98.0 cm³/mol. The minimum absolute atomic E-state index is 0.0120. The average Bonchev–Trinajstić information content (AvgIpc) is 3.37. The van der Waals surface area contributed by atoms with E-state index < -0.39 is 17.9 Å². The third-order valence-corrected chi connectivity index (χ3v) is 5.14. The summed E-state index contributed by atoms with van der Waals surface area (Å²) >= 11 is 1.32. The van der Waals surface area contributed by atoms with E-state index in [4.69, 9.17) is 4.74 Å². The van der Waals surface area contributed by atoms with Crippen molar-refractivity contribution in [3.63, 3.8) is 0 Å². The molecule has 1 aliphatic heterocycles. The molecule has 1 N–H and O–H groups in total. The van der Waals surface area contributed by atoms with Crippen molar-refractivity contribution in [2.45, 2.75) is 6.04 Å². The van der Waals surface area contributed by atoms with Crippen molar-refractivity contribution in [2.24, 2.45) is 0 Å². The van der Waals surface area contributed by atoms with Crippen LogP contribution < -0.4 is 0 Å². The second kappa shape index (κ2) is 7.29. The van der Waals surface area contributed by atoms with Gasteiger partial charge in [0.2, 0.25) is 0 Å². The number of carboxylic acids is 1. The normalized spacial score (nSPS) is 17.0. The lowest BCUT2D eigenvalue weighted by Gasteiger charge is -2.32. The number of carbonyl (C=O) groups is 2. The van der Waals surface area contributed by atoms with Crippen molar-refractivity contribution in [1.29, 1.82) is 0 Å². The van der Waals surface area contributed by atoms with Crippen molar-refractivity contribution in [2.75, 3.05) is 19.8 Å². The van der Waals surface area contributed by atoms with Gasteiger partial charge in [-0.05, 0) is 12.1 Å². The van der Waals surface area contributed by atoms with Gasteiger partial charge < -0.3 is 14.7 Å². The molecule has 0 bridgehead atoms. The van der Waals surface area contributed by atoms with Crippen LogP contribution in [0.3, 0.4) is 0 Å². The van der Waals surface area contributed by atoms with Gasteiger partial charge in [0.25, 0.3) is 5.91 Å². The number of nitrogens with zero attached hydrogens (tertiary/aromatic N) is 4. The standard InChI is InChI=1S/C18H16N4O4S/c23-17(21-6-7-26-10-15(21)18(24)25)14-11-27-16(20-14)12-8-19-22(9-12)13-4-2-1-3-5-13/h1-5,8-9,11,15H,6-7,10H2,(H,24,25)/t15-/m0/s1. The number of hydrogen-bond acceptors (Lipinski definition) is 6. The molecule has 0 radical (unpaired) electrons. The molecule has 2 aromatic heterocycles. The fraction of sp³-hybridized carbons (Fsp3) is 0.222. The Hall–Kier alpha value is -3.04. The van der Waals surface area contributed by atoms with Crippen LogP contribution in [0.4, 0.5) is 0 Å². The Balaban J connectivity index is 1.56. The topological polar surface area (TPSA) is 97.5 Å². The van der Waals surface area contributed by atoms with Gasteiger partial charge in [0, 0.05) is 23.7 Å². The van der Waals surface area contributed by atoms with Gasteiger partial charge in [-0.2, -0.15) is 5.10 Å². The van der Waals surface area contributed by atoms with Crippen LogP contribution in [-0.4, -0.2) is 62.4 Å². The van der Waals surface area contributed by atoms with Crippen LogP contribution in [0.1, 0.15) is 10.5 Å². The van der Waals surface area contributed by atoms with Crippen molar-refractivity contribution in [3.8, 4) is 16.3 Å². The van der Waals surface area contributed by atoms with Crippen molar-refractivity contribution < 1.29 is 19.4 Å². The fourth-order valence-corrected chi connectivity index (χ4v) is 3.63. The minimum atomic E-state index is -1.08. The number of rotatable bonds is 4. The molecule has 3 aromatic rings. The number of ether oxygens (including phenoxy) is 1. The van der Waals surface area contributed by atoms with E-state index >= 15 is 0 Å². The molecule has 1 aromatic carbocycles. The molecule has 138 valence electrons. The second-order valence-corrected chi connectivity index (χ2v) is 6.83. The Bertz CT molecular complexity index is 969. The first-order valence-corrected chi connectivity index (χ1v) is 9.19. The zero-order valence-electron chi connectivity index (χ0n) is 14.2. The maximum absolute atomic E-state index is 12.7. The summed E-state index contributed by atoms with van der Waals surface area (Å²) in [4.78, 5) is 29.8. The Morgan fingerprint density at radius 1 is 1.26 bits per heavy atom. The average molecular weight is 384 g/mol. The van der Waals surface area contributed by atoms with E-state index in [0.29, 0.717) is 11.6 Å². The number of aromatic nitrogens is 3. The SMILES string of the molecule is O=C(O)[C@@H]1COCCN1C(=O)c1csc(-c2cnn(-c3ccccc3)c2)n1. The molecule has 1 saturated heterocycles. The quantitative estimate of drug-likeness (QED) is 0.738. The zero-order valence-corrected chi connectivity index (χ0v) is 15.0. The van der Waals surface area contributed by atoms with Crippen LogP contribution in [0, 0.1) is 0 Å². The third-order valence-electron chi connectivity index (χ3n) is 4.25. The smallest absolute Gasteiger partial charge is 0.328 e. The molecule has 27 heavy (non-hydrogen) atoms. The monoisotopic (exact) mass is 384 g/mol. The number of carboxylic acid groups (broad SMARTS) is 1. The molecule has 1 aliphatic rings. The van der Waals surface area contributed by atoms with E-state index in [0.717, 1.165) is 11.3 Å². The first-order chi connectivity index (χ1) is 13.1. The number of aliphatic carboxylic acids is 1. The van der Waals surface area contributed by atoms with Crippen LogP contribution in [0.2, 0.25) is 0 Å². The zero-order chi connectivity index (χ0) is 18.8. The van der Waals surface area contributed by atoms with Crippen molar-refractivity contribution in [3.05, 3.63) is 53.8 Å². The Morgan fingerprint density at radius 3 is 2.85 bits per heavy atom. The van der Waals surface area contributed by atoms with Crippen LogP contribution in [0.25, 0.3) is 16.3 Å². The van der Waals surface area contributed by atoms with Crippen LogP contribution in [-0.2, 0) is 9.53 Å². The summed E-state index contributed by atoms with van der Waals surface area (Å²) in [5, 5.41) is 15.9. The summed E-state index contributed by atoms with van der Waals surface area (Å²) in [5.41, 5.74) is 1.95. The highest BCUT2D eigenvalue weighted by Crippen LogP contribution is 2.25. The van der Waals surface area contributed by atoms with E-state index in [1.807, 2.05) is 36.5 Å². The minimum Gasteiger partial charge on any atom is -0.480 e. The number of morpholine rings is 1. The highest BCUT2D eigenvalue weighted by atomic mass is 32.1. The molecule has 0 aliphatic carbocycles. The van der Waals surface area contributed by atoms with E-state index in [9.17, 15) is 14.7 Å². The fourth-order valence-electron chi connectivity index (χ4n) is 2.86. The van der Waals surface area contributed by atoms with Gasteiger partial charge in [-0.1, -0.05) is 18.2 Å². The first kappa shape index (κ1) is 17.4. The van der Waals surface area contributed by atoms with Crippen molar-refractivity contribution >= 4 is 23.2 Å². The molecular formula is C18H16N4O4S. The molecule has 1 atom stereocenters. The lowest BCUT2D eigenvalue weighted by molar-refractivity contribution is -0.147. The van der Waals surface area contributed by atoms with Crippen molar-refractivity contribution in [1.82, 2.24) is 19.7 Å². The van der Waals surface area contributed by atoms with Gasteiger partial charge in [0.15, 0.2) is 6.04 Å². The van der Waals surface area contributed by atoms with Gasteiger partial charge >= 0.3 is 5.97 Å². The summed E-state index contributed by atoms with van der Waals surface area (Å²) < 4.78 is 6.91. The summed E-state index contributed by atoms with van der Waals surface area (Å²) in [6, 6.07) is 8.69. The van der Waals surface area contributed by atoms with Crippen LogP contribution in [0.15, 0.2) is 48.1 Å². The maximum atomic E-state index is 12.7. The highest BCUT2D eigenvalue weighted by Gasteiger charge is 2.34. The summed E-state index contributed by atoms with van der Waals surface area (Å²) in [5.74, 6) is -1.48. The summed E-state index contributed by atoms with van der Waals surface area (Å²) in [6.07, 6.45) is 3.53. The summed E-state index contributed by atoms with van der Waals surface area (Å²) in [6.45, 7) is 0.535. The molecule has 1 fully saturated rings. The van der Waals surface area contributed by atoms with E-state index in [1.165, 1.54) is 16.2 Å². The molecule has 0 saturated carbocycles. The summed E-state index contributed by atoms with van der Waals surface area (Å²) in [7, 11) is 0. The van der Waals surface area contributed by atoms with Crippen LogP contribution in [0.5, 0.6) is 0 Å². The van der Waals surface area contributed by atoms with Gasteiger partial charge in [-0.3, -0.25) is 4.79 Å².